The van der Waals surface area contributed by atoms with Crippen LogP contribution in [0.1, 0.15) is 31.1 Å². The van der Waals surface area contributed by atoms with Gasteiger partial charge < -0.3 is 15.1 Å². The van der Waals surface area contributed by atoms with Gasteiger partial charge in [0.05, 0.1) is 18.0 Å². The van der Waals surface area contributed by atoms with E-state index in [1.807, 2.05) is 0 Å². The number of piperidine rings is 1. The van der Waals surface area contributed by atoms with Crippen molar-refractivity contribution in [3.8, 4) is 0 Å². The second-order valence-corrected chi connectivity index (χ2v) is 5.20. The monoisotopic (exact) mass is 268 g/mol. The number of pyridine rings is 1. The van der Waals surface area contributed by atoms with Crippen molar-refractivity contribution in [2.75, 3.05) is 26.2 Å². The standard InChI is InChI=1S/C14H21FN2O2/c15-12-3-4-13(16-8-12)14(19)5-7-17-6-1-2-11(9-17)10-18/h3-4,8,11,14,18-19H,1-2,5-7,9-10H2. The minimum absolute atomic E-state index is 0.235. The van der Waals surface area contributed by atoms with Crippen LogP contribution in [0.2, 0.25) is 0 Å². The van der Waals surface area contributed by atoms with Gasteiger partial charge in [0, 0.05) is 19.7 Å². The first kappa shape index (κ1) is 14.4. The van der Waals surface area contributed by atoms with E-state index in [0.29, 0.717) is 18.0 Å². The summed E-state index contributed by atoms with van der Waals surface area (Å²) in [5.41, 5.74) is 0.511. The molecule has 0 saturated carbocycles. The highest BCUT2D eigenvalue weighted by Crippen LogP contribution is 2.19. The van der Waals surface area contributed by atoms with Gasteiger partial charge in [-0.25, -0.2) is 4.39 Å². The Morgan fingerprint density at radius 1 is 1.47 bits per heavy atom. The van der Waals surface area contributed by atoms with Crippen LogP contribution in [0.25, 0.3) is 0 Å². The lowest BCUT2D eigenvalue weighted by Crippen LogP contribution is -2.37. The second kappa shape index (κ2) is 6.93. The number of hydrogen-bond acceptors (Lipinski definition) is 4. The minimum atomic E-state index is -0.657. The summed E-state index contributed by atoms with van der Waals surface area (Å²) < 4.78 is 12.7. The van der Waals surface area contributed by atoms with Crippen LogP contribution in [-0.2, 0) is 0 Å². The van der Waals surface area contributed by atoms with Crippen molar-refractivity contribution < 1.29 is 14.6 Å². The summed E-state index contributed by atoms with van der Waals surface area (Å²) in [5.74, 6) is -0.0346. The normalized spacial score (nSPS) is 22.4. The average molecular weight is 268 g/mol. The highest BCUT2D eigenvalue weighted by molar-refractivity contribution is 5.07. The zero-order valence-corrected chi connectivity index (χ0v) is 11.0. The molecule has 0 aliphatic carbocycles. The molecule has 2 rings (SSSR count). The molecule has 2 unspecified atom stereocenters. The first-order valence-corrected chi connectivity index (χ1v) is 6.81. The summed E-state index contributed by atoms with van der Waals surface area (Å²) >= 11 is 0. The van der Waals surface area contributed by atoms with Crippen LogP contribution in [0.15, 0.2) is 18.3 Å². The van der Waals surface area contributed by atoms with Crippen LogP contribution < -0.4 is 0 Å². The lowest BCUT2D eigenvalue weighted by Gasteiger charge is -2.32. The van der Waals surface area contributed by atoms with Gasteiger partial charge in [0.25, 0.3) is 0 Å². The quantitative estimate of drug-likeness (QED) is 0.846. The lowest BCUT2D eigenvalue weighted by atomic mass is 9.98. The van der Waals surface area contributed by atoms with Gasteiger partial charge in [-0.15, -0.1) is 0 Å². The maximum Gasteiger partial charge on any atom is 0.141 e. The van der Waals surface area contributed by atoms with Crippen LogP contribution >= 0.6 is 0 Å². The Hall–Kier alpha value is -1.04. The largest absolute Gasteiger partial charge is 0.396 e. The molecule has 0 amide bonds. The molecule has 1 aliphatic rings. The molecule has 1 aromatic rings. The zero-order chi connectivity index (χ0) is 13.7. The van der Waals surface area contributed by atoms with Crippen molar-refractivity contribution in [3.05, 3.63) is 29.8 Å². The molecular formula is C14H21FN2O2. The number of nitrogens with zero attached hydrogens (tertiary/aromatic N) is 2. The van der Waals surface area contributed by atoms with E-state index in [0.717, 1.165) is 38.7 Å². The summed E-state index contributed by atoms with van der Waals surface area (Å²) in [4.78, 5) is 6.15. The molecular weight excluding hydrogens is 247 g/mol. The molecule has 19 heavy (non-hydrogen) atoms. The van der Waals surface area contributed by atoms with E-state index in [1.165, 1.54) is 12.1 Å². The van der Waals surface area contributed by atoms with Crippen LogP contribution in [0, 0.1) is 11.7 Å². The smallest absolute Gasteiger partial charge is 0.141 e. The molecule has 1 fully saturated rings. The Labute approximate surface area is 112 Å². The number of aliphatic hydroxyl groups excluding tert-OH is 2. The Kier molecular flexibility index (Phi) is 5.24. The third-order valence-electron chi connectivity index (χ3n) is 3.67. The first-order chi connectivity index (χ1) is 9.19. The van der Waals surface area contributed by atoms with E-state index in [2.05, 4.69) is 9.88 Å². The van der Waals surface area contributed by atoms with Gasteiger partial charge in [0.1, 0.15) is 5.82 Å². The van der Waals surface area contributed by atoms with Crippen LogP contribution in [0.5, 0.6) is 0 Å². The van der Waals surface area contributed by atoms with Crippen molar-refractivity contribution in [1.82, 2.24) is 9.88 Å². The molecule has 0 spiro atoms. The molecule has 0 aromatic carbocycles. The fourth-order valence-electron chi connectivity index (χ4n) is 2.54. The number of aromatic nitrogens is 1. The second-order valence-electron chi connectivity index (χ2n) is 5.20. The molecule has 0 bridgehead atoms. The predicted octanol–water partition coefficient (Wildman–Crippen LogP) is 1.35. The Bertz CT molecular complexity index is 386. The molecule has 5 heteroatoms. The molecule has 2 atom stereocenters. The predicted molar refractivity (Wildman–Crippen MR) is 70.0 cm³/mol. The first-order valence-electron chi connectivity index (χ1n) is 6.81. The molecule has 0 radical (unpaired) electrons. The number of likely N-dealkylation sites (tertiary alicyclic amines) is 1. The SMILES string of the molecule is OCC1CCCN(CCC(O)c2ccc(F)cn2)C1. The summed E-state index contributed by atoms with van der Waals surface area (Å²) in [5, 5.41) is 19.2. The summed E-state index contributed by atoms with van der Waals surface area (Å²) in [6.07, 6.45) is 3.22. The van der Waals surface area contributed by atoms with E-state index in [-0.39, 0.29) is 6.61 Å². The maximum atomic E-state index is 12.7. The third-order valence-corrected chi connectivity index (χ3v) is 3.67. The van der Waals surface area contributed by atoms with E-state index in [9.17, 15) is 9.50 Å². The summed E-state index contributed by atoms with van der Waals surface area (Å²) in [6.45, 7) is 2.91. The summed E-state index contributed by atoms with van der Waals surface area (Å²) in [7, 11) is 0. The molecule has 106 valence electrons. The Morgan fingerprint density at radius 2 is 2.32 bits per heavy atom. The van der Waals surface area contributed by atoms with E-state index in [4.69, 9.17) is 5.11 Å². The highest BCUT2D eigenvalue weighted by atomic mass is 19.1. The van der Waals surface area contributed by atoms with Crippen LogP contribution in [0.4, 0.5) is 4.39 Å². The molecule has 2 heterocycles. The van der Waals surface area contributed by atoms with Crippen molar-refractivity contribution in [3.63, 3.8) is 0 Å². The molecule has 1 aliphatic heterocycles. The fraction of sp³-hybridized carbons (Fsp3) is 0.643. The Morgan fingerprint density at radius 3 is 3.00 bits per heavy atom. The van der Waals surface area contributed by atoms with Crippen molar-refractivity contribution >= 4 is 0 Å². The van der Waals surface area contributed by atoms with Crippen molar-refractivity contribution in [2.24, 2.45) is 5.92 Å². The van der Waals surface area contributed by atoms with Gasteiger partial charge in [-0.2, -0.15) is 0 Å². The molecule has 2 N–H and O–H groups in total. The summed E-state index contributed by atoms with van der Waals surface area (Å²) in [6, 6.07) is 2.83. The van der Waals surface area contributed by atoms with E-state index in [1.54, 1.807) is 0 Å². The zero-order valence-electron chi connectivity index (χ0n) is 11.0. The molecule has 1 saturated heterocycles. The van der Waals surface area contributed by atoms with Gasteiger partial charge in [-0.05, 0) is 43.9 Å². The van der Waals surface area contributed by atoms with E-state index >= 15 is 0 Å². The fourth-order valence-corrected chi connectivity index (χ4v) is 2.54. The molecule has 4 nitrogen and oxygen atoms in total. The van der Waals surface area contributed by atoms with Crippen molar-refractivity contribution in [1.29, 1.82) is 0 Å². The van der Waals surface area contributed by atoms with Gasteiger partial charge >= 0.3 is 0 Å². The third kappa shape index (κ3) is 4.23. The van der Waals surface area contributed by atoms with Gasteiger partial charge in [-0.1, -0.05) is 0 Å². The van der Waals surface area contributed by atoms with Gasteiger partial charge in [-0.3, -0.25) is 4.98 Å². The number of halogens is 1. The highest BCUT2D eigenvalue weighted by Gasteiger charge is 2.20. The maximum absolute atomic E-state index is 12.7. The number of aliphatic hydroxyl groups is 2. The van der Waals surface area contributed by atoms with Crippen LogP contribution in [-0.4, -0.2) is 46.3 Å². The minimum Gasteiger partial charge on any atom is -0.396 e. The lowest BCUT2D eigenvalue weighted by molar-refractivity contribution is 0.0949. The van der Waals surface area contributed by atoms with Crippen molar-refractivity contribution in [2.45, 2.75) is 25.4 Å². The average Bonchev–Trinajstić information content (AvgIpc) is 2.46. The number of hydrogen-bond donors (Lipinski definition) is 2. The Balaban J connectivity index is 1.79. The number of rotatable bonds is 5. The van der Waals surface area contributed by atoms with Gasteiger partial charge in [0.15, 0.2) is 0 Å². The van der Waals surface area contributed by atoms with Gasteiger partial charge in [0.2, 0.25) is 0 Å². The topological polar surface area (TPSA) is 56.6 Å². The van der Waals surface area contributed by atoms with Crippen LogP contribution in [0.3, 0.4) is 0 Å². The molecule has 1 aromatic heterocycles. The van der Waals surface area contributed by atoms with E-state index < -0.39 is 11.9 Å².